The zero-order chi connectivity index (χ0) is 26.0. The highest BCUT2D eigenvalue weighted by Gasteiger charge is 2.22. The molecule has 3 amide bonds. The molecule has 3 aromatic carbocycles. The first-order valence-electron chi connectivity index (χ1n) is 12.9. The second-order valence-corrected chi connectivity index (χ2v) is 9.25. The molecular formula is C30H33N3O4. The fourth-order valence-electron chi connectivity index (χ4n) is 4.43. The van der Waals surface area contributed by atoms with Crippen molar-refractivity contribution in [1.29, 1.82) is 0 Å². The molecule has 1 fully saturated rings. The fraction of sp³-hybridized carbons (Fsp3) is 0.300. The Morgan fingerprint density at radius 1 is 0.811 bits per heavy atom. The highest BCUT2D eigenvalue weighted by Crippen LogP contribution is 2.25. The molecular weight excluding hydrogens is 466 g/mol. The maximum Gasteiger partial charge on any atom is 0.279 e. The molecule has 0 saturated heterocycles. The van der Waals surface area contributed by atoms with Crippen LogP contribution in [0.2, 0.25) is 0 Å². The fourth-order valence-corrected chi connectivity index (χ4v) is 4.43. The lowest BCUT2D eigenvalue weighted by Gasteiger charge is -2.20. The third kappa shape index (κ3) is 7.19. The van der Waals surface area contributed by atoms with Crippen LogP contribution in [0.1, 0.15) is 55.8 Å². The molecule has 1 unspecified atom stereocenters. The molecule has 7 nitrogen and oxygen atoms in total. The highest BCUT2D eigenvalue weighted by atomic mass is 16.5. The van der Waals surface area contributed by atoms with Gasteiger partial charge in [-0.1, -0.05) is 68.7 Å². The van der Waals surface area contributed by atoms with Gasteiger partial charge < -0.3 is 10.1 Å². The number of hydrogen-bond donors (Lipinski definition) is 3. The summed E-state index contributed by atoms with van der Waals surface area (Å²) in [6.07, 6.45) is 4.89. The van der Waals surface area contributed by atoms with E-state index in [0.29, 0.717) is 23.4 Å². The van der Waals surface area contributed by atoms with Crippen LogP contribution in [0.25, 0.3) is 11.1 Å². The summed E-state index contributed by atoms with van der Waals surface area (Å²) < 4.78 is 5.85. The van der Waals surface area contributed by atoms with Crippen molar-refractivity contribution in [3.05, 3.63) is 84.4 Å². The Hall–Kier alpha value is -4.13. The molecule has 0 spiro atoms. The lowest BCUT2D eigenvalue weighted by molar-refractivity contribution is -0.129. The molecule has 0 radical (unpaired) electrons. The second-order valence-electron chi connectivity index (χ2n) is 9.25. The number of amides is 3. The summed E-state index contributed by atoms with van der Waals surface area (Å²) in [5, 5.41) is 2.93. The molecule has 0 bridgehead atoms. The Balaban J connectivity index is 1.26. The van der Waals surface area contributed by atoms with Crippen LogP contribution in [-0.4, -0.2) is 23.8 Å². The van der Waals surface area contributed by atoms with E-state index in [2.05, 4.69) is 16.2 Å². The van der Waals surface area contributed by atoms with E-state index < -0.39 is 17.9 Å². The van der Waals surface area contributed by atoms with Crippen LogP contribution in [-0.2, 0) is 9.59 Å². The van der Waals surface area contributed by atoms with Gasteiger partial charge >= 0.3 is 0 Å². The molecule has 1 aliphatic carbocycles. The number of nitrogens with one attached hydrogen (secondary N) is 3. The summed E-state index contributed by atoms with van der Waals surface area (Å²) in [6, 6.07) is 24.1. The van der Waals surface area contributed by atoms with E-state index in [9.17, 15) is 14.4 Å². The van der Waals surface area contributed by atoms with Crippen molar-refractivity contribution in [1.82, 2.24) is 10.9 Å². The zero-order valence-corrected chi connectivity index (χ0v) is 21.0. The van der Waals surface area contributed by atoms with Gasteiger partial charge in [-0.25, -0.2) is 0 Å². The Labute approximate surface area is 217 Å². The van der Waals surface area contributed by atoms with Gasteiger partial charge in [0.15, 0.2) is 6.10 Å². The first kappa shape index (κ1) is 25.9. The zero-order valence-electron chi connectivity index (χ0n) is 21.0. The minimum atomic E-state index is -0.764. The number of benzene rings is 3. The summed E-state index contributed by atoms with van der Waals surface area (Å²) in [6.45, 7) is 1.84. The molecule has 1 saturated carbocycles. The van der Waals surface area contributed by atoms with E-state index >= 15 is 0 Å². The predicted octanol–water partition coefficient (Wildman–Crippen LogP) is 5.49. The Bertz CT molecular complexity index is 1190. The number of anilines is 1. The van der Waals surface area contributed by atoms with Crippen molar-refractivity contribution < 1.29 is 19.1 Å². The van der Waals surface area contributed by atoms with E-state index in [4.69, 9.17) is 4.74 Å². The lowest BCUT2D eigenvalue weighted by atomic mass is 9.88. The van der Waals surface area contributed by atoms with Crippen LogP contribution in [0.5, 0.6) is 5.75 Å². The summed E-state index contributed by atoms with van der Waals surface area (Å²) in [5.41, 5.74) is 8.04. The SMILES string of the molecule is CCC(Oc1ccc(-c2ccccc2)cc1)C(=O)NNC(=O)c1ccc(NC(=O)C2CCCCC2)cc1. The summed E-state index contributed by atoms with van der Waals surface area (Å²) >= 11 is 0. The van der Waals surface area contributed by atoms with Crippen LogP contribution < -0.4 is 20.9 Å². The molecule has 3 aromatic rings. The van der Waals surface area contributed by atoms with Gasteiger partial charge in [-0.05, 0) is 66.8 Å². The second kappa shape index (κ2) is 12.7. The average molecular weight is 500 g/mol. The number of carbonyl (C=O) groups excluding carboxylic acids is 3. The Kier molecular flexibility index (Phi) is 8.92. The van der Waals surface area contributed by atoms with E-state index in [0.717, 1.165) is 36.8 Å². The van der Waals surface area contributed by atoms with Crippen molar-refractivity contribution in [3.8, 4) is 16.9 Å². The summed E-state index contributed by atoms with van der Waals surface area (Å²) in [7, 11) is 0. The van der Waals surface area contributed by atoms with Crippen LogP contribution in [0.15, 0.2) is 78.9 Å². The molecule has 0 heterocycles. The van der Waals surface area contributed by atoms with E-state index in [1.165, 1.54) is 6.42 Å². The molecule has 3 N–H and O–H groups in total. The van der Waals surface area contributed by atoms with Crippen molar-refractivity contribution >= 4 is 23.4 Å². The van der Waals surface area contributed by atoms with Gasteiger partial charge in [0.2, 0.25) is 5.91 Å². The lowest BCUT2D eigenvalue weighted by Crippen LogP contribution is -2.47. The normalized spacial score (nSPS) is 14.3. The van der Waals surface area contributed by atoms with Gasteiger partial charge in [0.1, 0.15) is 5.75 Å². The van der Waals surface area contributed by atoms with E-state index in [1.54, 1.807) is 24.3 Å². The quantitative estimate of drug-likeness (QED) is 0.357. The first-order chi connectivity index (χ1) is 18.0. The van der Waals surface area contributed by atoms with E-state index in [1.807, 2.05) is 61.5 Å². The van der Waals surface area contributed by atoms with Crippen LogP contribution in [0.3, 0.4) is 0 Å². The van der Waals surface area contributed by atoms with Gasteiger partial charge in [0.25, 0.3) is 11.8 Å². The van der Waals surface area contributed by atoms with Crippen molar-refractivity contribution in [2.24, 2.45) is 5.92 Å². The Morgan fingerprint density at radius 2 is 1.46 bits per heavy atom. The molecule has 192 valence electrons. The highest BCUT2D eigenvalue weighted by molar-refractivity contribution is 5.97. The van der Waals surface area contributed by atoms with Crippen LogP contribution >= 0.6 is 0 Å². The summed E-state index contributed by atoms with van der Waals surface area (Å²) in [5.74, 6) is -0.245. The monoisotopic (exact) mass is 499 g/mol. The molecule has 4 rings (SSSR count). The molecule has 7 heteroatoms. The maximum atomic E-state index is 12.6. The standard InChI is InChI=1S/C30H33N3O4/c1-2-27(37-26-19-15-22(16-20-26)21-9-5-3-6-10-21)30(36)33-32-29(35)24-13-17-25(18-14-24)31-28(34)23-11-7-4-8-12-23/h3,5-6,9-10,13-20,23,27H,2,4,7-8,11-12H2,1H3,(H,31,34)(H,32,35)(H,33,36). The van der Waals surface area contributed by atoms with Crippen LogP contribution in [0, 0.1) is 5.92 Å². The first-order valence-corrected chi connectivity index (χ1v) is 12.9. The average Bonchev–Trinajstić information content (AvgIpc) is 2.96. The third-order valence-electron chi connectivity index (χ3n) is 6.59. The van der Waals surface area contributed by atoms with Crippen molar-refractivity contribution in [2.45, 2.75) is 51.6 Å². The van der Waals surface area contributed by atoms with Gasteiger partial charge in [-0.2, -0.15) is 0 Å². The van der Waals surface area contributed by atoms with Gasteiger partial charge in [-0.15, -0.1) is 0 Å². The molecule has 37 heavy (non-hydrogen) atoms. The number of hydrazine groups is 1. The van der Waals surface area contributed by atoms with Gasteiger partial charge in [0, 0.05) is 17.2 Å². The Morgan fingerprint density at radius 3 is 2.11 bits per heavy atom. The third-order valence-corrected chi connectivity index (χ3v) is 6.59. The minimum absolute atomic E-state index is 0.0319. The maximum absolute atomic E-state index is 12.6. The molecule has 0 aliphatic heterocycles. The largest absolute Gasteiger partial charge is 0.481 e. The number of ether oxygens (including phenoxy) is 1. The topological polar surface area (TPSA) is 96.5 Å². The number of hydrogen-bond acceptors (Lipinski definition) is 4. The van der Waals surface area contributed by atoms with Crippen molar-refractivity contribution in [2.75, 3.05) is 5.32 Å². The number of rotatable bonds is 8. The molecule has 1 aliphatic rings. The van der Waals surface area contributed by atoms with Gasteiger partial charge in [0.05, 0.1) is 0 Å². The van der Waals surface area contributed by atoms with Crippen LogP contribution in [0.4, 0.5) is 5.69 Å². The smallest absolute Gasteiger partial charge is 0.279 e. The van der Waals surface area contributed by atoms with Crippen molar-refractivity contribution in [3.63, 3.8) is 0 Å². The van der Waals surface area contributed by atoms with Gasteiger partial charge in [-0.3, -0.25) is 25.2 Å². The molecule has 0 aromatic heterocycles. The predicted molar refractivity (Wildman–Crippen MR) is 144 cm³/mol. The minimum Gasteiger partial charge on any atom is -0.481 e. The summed E-state index contributed by atoms with van der Waals surface area (Å²) in [4.78, 5) is 37.6. The molecule has 1 atom stereocenters. The van der Waals surface area contributed by atoms with E-state index in [-0.39, 0.29) is 11.8 Å². The number of carbonyl (C=O) groups is 3.